The predicted octanol–water partition coefficient (Wildman–Crippen LogP) is 1.91. The minimum absolute atomic E-state index is 0.00961. The summed E-state index contributed by atoms with van der Waals surface area (Å²) in [5.41, 5.74) is 7.86. The van der Waals surface area contributed by atoms with Crippen LogP contribution >= 0.6 is 0 Å². The summed E-state index contributed by atoms with van der Waals surface area (Å²) in [6.45, 7) is 1.34. The van der Waals surface area contributed by atoms with E-state index in [1.165, 1.54) is 12.7 Å². The third kappa shape index (κ3) is 6.15. The van der Waals surface area contributed by atoms with Crippen LogP contribution in [0.1, 0.15) is 62.5 Å². The van der Waals surface area contributed by atoms with Crippen LogP contribution in [0.3, 0.4) is 0 Å². The van der Waals surface area contributed by atoms with Crippen molar-refractivity contribution >= 4 is 11.8 Å². The number of amides is 2. The van der Waals surface area contributed by atoms with Gasteiger partial charge < -0.3 is 20.7 Å². The number of ether oxygens (including phenoxy) is 1. The van der Waals surface area contributed by atoms with E-state index < -0.39 is 6.04 Å². The molecule has 4 rings (SSSR count). The van der Waals surface area contributed by atoms with Gasteiger partial charge in [0.25, 0.3) is 0 Å². The van der Waals surface area contributed by atoms with E-state index >= 15 is 0 Å². The van der Waals surface area contributed by atoms with Gasteiger partial charge in [-0.1, -0.05) is 12.1 Å². The number of carbonyl (C=O) groups excluding carboxylic acids is 2. The molecule has 8 nitrogen and oxygen atoms in total. The Morgan fingerprint density at radius 2 is 1.82 bits per heavy atom. The molecule has 0 aromatic heterocycles. The largest absolute Gasteiger partial charge is 0.375 e. The molecule has 3 N–H and O–H groups in total. The van der Waals surface area contributed by atoms with Crippen LogP contribution in [0.15, 0.2) is 24.3 Å². The highest BCUT2D eigenvalue weighted by Gasteiger charge is 2.42. The number of nitriles is 1. The van der Waals surface area contributed by atoms with Gasteiger partial charge in [0.2, 0.25) is 11.8 Å². The predicted molar refractivity (Wildman–Crippen MR) is 128 cm³/mol. The molecule has 0 bridgehead atoms. The quantitative estimate of drug-likeness (QED) is 0.604. The first kappa shape index (κ1) is 24.6. The summed E-state index contributed by atoms with van der Waals surface area (Å²) in [7, 11) is 1.51. The lowest BCUT2D eigenvalue weighted by atomic mass is 9.90. The number of hydrogen-bond donors (Lipinski definition) is 2. The second kappa shape index (κ2) is 11.3. The molecule has 2 aliphatic carbocycles. The van der Waals surface area contributed by atoms with E-state index in [0.717, 1.165) is 51.5 Å². The van der Waals surface area contributed by atoms with Crippen LogP contribution in [0.5, 0.6) is 0 Å². The number of methoxy groups -OCH3 is 1. The maximum atomic E-state index is 13.4. The number of carbonyl (C=O) groups is 2. The Bertz CT molecular complexity index is 887. The van der Waals surface area contributed by atoms with Crippen LogP contribution in [-0.2, 0) is 20.9 Å². The van der Waals surface area contributed by atoms with Gasteiger partial charge in [-0.15, -0.1) is 0 Å². The molecule has 8 heteroatoms. The number of nitrogens with zero attached hydrogens (tertiary/aromatic N) is 3. The maximum Gasteiger partial charge on any atom is 0.249 e. The van der Waals surface area contributed by atoms with Crippen molar-refractivity contribution in [1.82, 2.24) is 15.1 Å². The van der Waals surface area contributed by atoms with E-state index in [9.17, 15) is 9.59 Å². The number of likely N-dealkylation sites (tertiary alicyclic amines) is 1. The topological polar surface area (TPSA) is 112 Å². The lowest BCUT2D eigenvalue weighted by Crippen LogP contribution is -2.59. The molecule has 3 aliphatic rings. The average molecular weight is 468 g/mol. The molecule has 1 aromatic rings. The summed E-state index contributed by atoms with van der Waals surface area (Å²) < 4.78 is 5.10. The molecule has 2 saturated carbocycles. The lowest BCUT2D eigenvalue weighted by Gasteiger charge is -2.43. The highest BCUT2D eigenvalue weighted by atomic mass is 16.5. The molecule has 34 heavy (non-hydrogen) atoms. The Kier molecular flexibility index (Phi) is 8.19. The van der Waals surface area contributed by atoms with Gasteiger partial charge in [-0.2, -0.15) is 5.26 Å². The van der Waals surface area contributed by atoms with Crippen molar-refractivity contribution in [3.05, 3.63) is 35.4 Å². The van der Waals surface area contributed by atoms with Gasteiger partial charge in [0, 0.05) is 44.4 Å². The molecule has 1 saturated heterocycles. The Labute approximate surface area is 202 Å². The van der Waals surface area contributed by atoms with E-state index in [-0.39, 0.29) is 36.5 Å². The van der Waals surface area contributed by atoms with Crippen LogP contribution in [0.4, 0.5) is 0 Å². The van der Waals surface area contributed by atoms with E-state index in [1.807, 2.05) is 24.3 Å². The SMILES string of the molecule is COCC(=O)N1CCC(N(Cc2ccc(C#N)cc2)C2CC2)C[C@@H]1C(=O)NC1CCC(N)CC1. The summed E-state index contributed by atoms with van der Waals surface area (Å²) in [6, 6.07) is 10.5. The highest BCUT2D eigenvalue weighted by molar-refractivity contribution is 5.88. The van der Waals surface area contributed by atoms with Crippen molar-refractivity contribution < 1.29 is 14.3 Å². The van der Waals surface area contributed by atoms with Crippen LogP contribution in [0, 0.1) is 11.3 Å². The van der Waals surface area contributed by atoms with Crippen LogP contribution in [-0.4, -0.2) is 72.1 Å². The third-order valence-electron chi connectivity index (χ3n) is 7.52. The van der Waals surface area contributed by atoms with Gasteiger partial charge in [0.05, 0.1) is 11.6 Å². The molecule has 2 atom stereocenters. The molecule has 184 valence electrons. The zero-order valence-corrected chi connectivity index (χ0v) is 20.1. The number of rotatable bonds is 8. The standard InChI is InChI=1S/C26H37N5O3/c1-34-17-25(32)30-13-12-23(14-24(30)26(33)29-21-8-6-20(28)7-9-21)31(22-10-11-22)16-19-4-2-18(15-27)3-5-19/h2-5,20-24H,6-14,16-17,28H2,1H3,(H,29,33)/t20?,21?,23?,24-/m1/s1. The molecule has 3 fully saturated rings. The molecule has 1 aliphatic heterocycles. The summed E-state index contributed by atoms with van der Waals surface area (Å²) in [6.07, 6.45) is 7.42. The maximum absolute atomic E-state index is 13.4. The minimum Gasteiger partial charge on any atom is -0.375 e. The highest BCUT2D eigenvalue weighted by Crippen LogP contribution is 2.35. The van der Waals surface area contributed by atoms with Crippen LogP contribution in [0.2, 0.25) is 0 Å². The first-order valence-corrected chi connectivity index (χ1v) is 12.6. The van der Waals surface area contributed by atoms with Crippen molar-refractivity contribution in [3.8, 4) is 6.07 Å². The van der Waals surface area contributed by atoms with Crippen LogP contribution < -0.4 is 11.1 Å². The monoisotopic (exact) mass is 467 g/mol. The number of hydrogen-bond acceptors (Lipinski definition) is 6. The smallest absolute Gasteiger partial charge is 0.249 e. The molecule has 1 heterocycles. The van der Waals surface area contributed by atoms with Gasteiger partial charge >= 0.3 is 0 Å². The number of piperidine rings is 1. The van der Waals surface area contributed by atoms with Gasteiger partial charge in [-0.05, 0) is 69.1 Å². The van der Waals surface area contributed by atoms with Crippen molar-refractivity contribution in [2.75, 3.05) is 20.3 Å². The lowest BCUT2D eigenvalue weighted by molar-refractivity contribution is -0.147. The van der Waals surface area contributed by atoms with Crippen LogP contribution in [0.25, 0.3) is 0 Å². The average Bonchev–Trinajstić information content (AvgIpc) is 3.69. The van der Waals surface area contributed by atoms with E-state index in [4.69, 9.17) is 15.7 Å². The van der Waals surface area contributed by atoms with Crippen molar-refractivity contribution in [2.24, 2.45) is 5.73 Å². The second-order valence-corrected chi connectivity index (χ2v) is 10.0. The van der Waals surface area contributed by atoms with E-state index in [2.05, 4.69) is 16.3 Å². The van der Waals surface area contributed by atoms with Crippen molar-refractivity contribution in [2.45, 2.75) is 88.1 Å². The first-order chi connectivity index (χ1) is 16.5. The molecular formula is C26H37N5O3. The minimum atomic E-state index is -0.487. The van der Waals surface area contributed by atoms with Gasteiger partial charge in [0.15, 0.2) is 0 Å². The fourth-order valence-corrected chi connectivity index (χ4v) is 5.42. The summed E-state index contributed by atoms with van der Waals surface area (Å²) in [4.78, 5) is 30.4. The van der Waals surface area contributed by atoms with Gasteiger partial charge in [-0.25, -0.2) is 0 Å². The Hall–Kier alpha value is -2.47. The Morgan fingerprint density at radius 1 is 1.12 bits per heavy atom. The number of nitrogens with one attached hydrogen (secondary N) is 1. The van der Waals surface area contributed by atoms with Crippen molar-refractivity contribution in [3.63, 3.8) is 0 Å². The molecule has 2 amide bonds. The fraction of sp³-hybridized carbons (Fsp3) is 0.654. The van der Waals surface area contributed by atoms with Gasteiger partial charge in [-0.3, -0.25) is 14.5 Å². The third-order valence-corrected chi connectivity index (χ3v) is 7.52. The molecule has 1 unspecified atom stereocenters. The number of nitrogens with two attached hydrogens (primary N) is 1. The summed E-state index contributed by atoms with van der Waals surface area (Å²) >= 11 is 0. The second-order valence-electron chi connectivity index (χ2n) is 10.0. The first-order valence-electron chi connectivity index (χ1n) is 12.6. The zero-order valence-electron chi connectivity index (χ0n) is 20.1. The van der Waals surface area contributed by atoms with Crippen molar-refractivity contribution in [1.29, 1.82) is 5.26 Å². The summed E-state index contributed by atoms with van der Waals surface area (Å²) in [5, 5.41) is 12.3. The number of benzene rings is 1. The fourth-order valence-electron chi connectivity index (χ4n) is 5.42. The molecular weight excluding hydrogens is 430 g/mol. The van der Waals surface area contributed by atoms with Gasteiger partial charge in [0.1, 0.15) is 12.6 Å². The zero-order chi connectivity index (χ0) is 24.1. The van der Waals surface area contributed by atoms with E-state index in [0.29, 0.717) is 24.6 Å². The summed E-state index contributed by atoms with van der Waals surface area (Å²) in [5.74, 6) is -0.180. The van der Waals surface area contributed by atoms with E-state index in [1.54, 1.807) is 4.90 Å². The Balaban J connectivity index is 1.46. The molecule has 1 aromatic carbocycles. The molecule has 0 radical (unpaired) electrons. The molecule has 0 spiro atoms. The normalized spacial score (nSPS) is 27.3. The Morgan fingerprint density at radius 3 is 2.44 bits per heavy atom.